The highest BCUT2D eigenvalue weighted by atomic mass is 127. The lowest BCUT2D eigenvalue weighted by Gasteiger charge is -2.42. The summed E-state index contributed by atoms with van der Waals surface area (Å²) in [4.78, 5) is 4.82. The van der Waals surface area contributed by atoms with E-state index in [1.54, 1.807) is 13.3 Å². The summed E-state index contributed by atoms with van der Waals surface area (Å²) in [5.41, 5.74) is 2.58. The normalized spacial score (nSPS) is 15.4. The molecule has 0 unspecified atom stereocenters. The van der Waals surface area contributed by atoms with Crippen LogP contribution in [0.1, 0.15) is 38.2 Å². The van der Waals surface area contributed by atoms with Crippen molar-refractivity contribution in [2.75, 3.05) is 26.8 Å². The molecule has 1 saturated carbocycles. The number of guanidine groups is 1. The van der Waals surface area contributed by atoms with E-state index < -0.39 is 0 Å². The quantitative estimate of drug-likeness (QED) is 0.315. The number of para-hydroxylation sites is 1. The SMILES string of the molecule is CCNC(=NCc1ccccc1-n1cccn1)NCC1(CCOC)CCC1.I. The van der Waals surface area contributed by atoms with E-state index in [1.807, 2.05) is 29.1 Å². The third kappa shape index (κ3) is 5.94. The molecular formula is C21H32IN5O. The first-order chi connectivity index (χ1) is 13.3. The molecule has 0 atom stereocenters. The maximum atomic E-state index is 5.30. The van der Waals surface area contributed by atoms with Gasteiger partial charge in [0.2, 0.25) is 0 Å². The fraction of sp³-hybridized carbons (Fsp3) is 0.524. The highest BCUT2D eigenvalue weighted by Gasteiger charge is 2.36. The molecule has 0 aliphatic heterocycles. The maximum Gasteiger partial charge on any atom is 0.191 e. The summed E-state index contributed by atoms with van der Waals surface area (Å²) in [6.45, 7) is 5.32. The van der Waals surface area contributed by atoms with Gasteiger partial charge in [-0.15, -0.1) is 24.0 Å². The van der Waals surface area contributed by atoms with Crippen molar-refractivity contribution < 1.29 is 4.74 Å². The Kier molecular flexibility index (Phi) is 9.24. The Bertz CT molecular complexity index is 728. The number of rotatable bonds is 9. The summed E-state index contributed by atoms with van der Waals surface area (Å²) < 4.78 is 7.19. The zero-order valence-corrected chi connectivity index (χ0v) is 19.2. The van der Waals surface area contributed by atoms with Crippen LogP contribution in [0.2, 0.25) is 0 Å². The zero-order valence-electron chi connectivity index (χ0n) is 16.9. The Hall–Kier alpha value is -1.61. The second-order valence-corrected chi connectivity index (χ2v) is 7.22. The monoisotopic (exact) mass is 497 g/mol. The Balaban J connectivity index is 0.00000280. The Morgan fingerprint density at radius 2 is 2.07 bits per heavy atom. The molecule has 0 spiro atoms. The molecule has 2 aromatic rings. The molecule has 0 saturated heterocycles. The molecule has 1 fully saturated rings. The summed E-state index contributed by atoms with van der Waals surface area (Å²) in [5.74, 6) is 0.872. The first kappa shape index (κ1) is 22.7. The number of nitrogens with one attached hydrogen (secondary N) is 2. The van der Waals surface area contributed by atoms with Crippen LogP contribution < -0.4 is 10.6 Å². The third-order valence-electron chi connectivity index (χ3n) is 5.38. The van der Waals surface area contributed by atoms with Crippen molar-refractivity contribution in [3.05, 3.63) is 48.3 Å². The summed E-state index contributed by atoms with van der Waals surface area (Å²) in [7, 11) is 1.78. The maximum absolute atomic E-state index is 5.30. The van der Waals surface area contributed by atoms with E-state index >= 15 is 0 Å². The fourth-order valence-electron chi connectivity index (χ4n) is 3.57. The van der Waals surface area contributed by atoms with Crippen LogP contribution in [-0.4, -0.2) is 42.5 Å². The Morgan fingerprint density at radius 1 is 1.25 bits per heavy atom. The molecule has 7 heteroatoms. The van der Waals surface area contributed by atoms with Crippen molar-refractivity contribution in [2.45, 2.75) is 39.2 Å². The smallest absolute Gasteiger partial charge is 0.191 e. The standard InChI is InChI=1S/C21H31N5O.HI/c1-3-22-20(24-17-21(10-6-11-21)12-15-27-2)23-16-18-8-4-5-9-19(18)26-14-7-13-25-26;/h4-5,7-9,13-14H,3,6,10-12,15-17H2,1-2H3,(H2,22,23,24);1H. The molecule has 0 bridgehead atoms. The number of nitrogens with zero attached hydrogens (tertiary/aromatic N) is 3. The average molecular weight is 497 g/mol. The van der Waals surface area contributed by atoms with Crippen molar-refractivity contribution in [1.82, 2.24) is 20.4 Å². The number of halogens is 1. The molecule has 3 rings (SSSR count). The van der Waals surface area contributed by atoms with Crippen LogP contribution in [0.25, 0.3) is 5.69 Å². The molecule has 6 nitrogen and oxygen atoms in total. The van der Waals surface area contributed by atoms with E-state index in [0.29, 0.717) is 12.0 Å². The van der Waals surface area contributed by atoms with Gasteiger partial charge >= 0.3 is 0 Å². The van der Waals surface area contributed by atoms with Crippen molar-refractivity contribution in [1.29, 1.82) is 0 Å². The molecule has 1 aromatic carbocycles. The summed E-state index contributed by atoms with van der Waals surface area (Å²) >= 11 is 0. The molecule has 2 N–H and O–H groups in total. The first-order valence-corrected chi connectivity index (χ1v) is 9.85. The highest BCUT2D eigenvalue weighted by Crippen LogP contribution is 2.43. The van der Waals surface area contributed by atoms with E-state index in [-0.39, 0.29) is 24.0 Å². The average Bonchev–Trinajstić information content (AvgIpc) is 3.19. The Labute approximate surface area is 185 Å². The number of aliphatic imine (C=N–C) groups is 1. The van der Waals surface area contributed by atoms with E-state index in [0.717, 1.165) is 43.3 Å². The number of aromatic nitrogens is 2. The molecule has 1 aliphatic carbocycles. The van der Waals surface area contributed by atoms with Crippen LogP contribution in [0.15, 0.2) is 47.7 Å². The van der Waals surface area contributed by atoms with Crippen LogP contribution in [0.5, 0.6) is 0 Å². The van der Waals surface area contributed by atoms with Crippen molar-refractivity contribution >= 4 is 29.9 Å². The minimum Gasteiger partial charge on any atom is -0.385 e. The number of methoxy groups -OCH3 is 1. The van der Waals surface area contributed by atoms with Gasteiger partial charge in [-0.25, -0.2) is 9.67 Å². The lowest BCUT2D eigenvalue weighted by atomic mass is 9.67. The molecule has 1 aromatic heterocycles. The predicted molar refractivity (Wildman–Crippen MR) is 125 cm³/mol. The topological polar surface area (TPSA) is 63.5 Å². The van der Waals surface area contributed by atoms with E-state index in [4.69, 9.17) is 9.73 Å². The van der Waals surface area contributed by atoms with Crippen molar-refractivity contribution in [3.63, 3.8) is 0 Å². The number of hydrogen-bond donors (Lipinski definition) is 2. The van der Waals surface area contributed by atoms with Crippen LogP contribution in [0.4, 0.5) is 0 Å². The Morgan fingerprint density at radius 3 is 2.71 bits per heavy atom. The molecule has 28 heavy (non-hydrogen) atoms. The third-order valence-corrected chi connectivity index (χ3v) is 5.38. The van der Waals surface area contributed by atoms with Crippen LogP contribution >= 0.6 is 24.0 Å². The van der Waals surface area contributed by atoms with Crippen molar-refractivity contribution in [2.24, 2.45) is 10.4 Å². The number of hydrogen-bond acceptors (Lipinski definition) is 3. The van der Waals surface area contributed by atoms with E-state index in [9.17, 15) is 0 Å². The highest BCUT2D eigenvalue weighted by molar-refractivity contribution is 14.0. The largest absolute Gasteiger partial charge is 0.385 e. The first-order valence-electron chi connectivity index (χ1n) is 9.85. The molecule has 154 valence electrons. The summed E-state index contributed by atoms with van der Waals surface area (Å²) in [5, 5.41) is 11.3. The second kappa shape index (κ2) is 11.4. The van der Waals surface area contributed by atoms with Gasteiger partial charge in [-0.1, -0.05) is 24.6 Å². The minimum atomic E-state index is 0. The minimum absolute atomic E-state index is 0. The van der Waals surface area contributed by atoms with Crippen LogP contribution in [-0.2, 0) is 11.3 Å². The lowest BCUT2D eigenvalue weighted by molar-refractivity contribution is 0.0732. The molecule has 0 radical (unpaired) electrons. The summed E-state index contributed by atoms with van der Waals surface area (Å²) in [6.07, 6.45) is 8.72. The molecule has 1 aliphatic rings. The summed E-state index contributed by atoms with van der Waals surface area (Å²) in [6, 6.07) is 10.2. The van der Waals surface area contributed by atoms with Gasteiger partial charge in [0.25, 0.3) is 0 Å². The van der Waals surface area contributed by atoms with Gasteiger partial charge in [0.1, 0.15) is 0 Å². The van der Waals surface area contributed by atoms with Gasteiger partial charge in [-0.05, 0) is 49.3 Å². The number of benzene rings is 1. The van der Waals surface area contributed by atoms with E-state index in [2.05, 4.69) is 34.8 Å². The molecule has 1 heterocycles. The number of ether oxygens (including phenoxy) is 1. The van der Waals surface area contributed by atoms with Gasteiger partial charge in [-0.2, -0.15) is 5.10 Å². The van der Waals surface area contributed by atoms with Crippen LogP contribution in [0, 0.1) is 5.41 Å². The van der Waals surface area contributed by atoms with Crippen LogP contribution in [0.3, 0.4) is 0 Å². The molecular weight excluding hydrogens is 465 g/mol. The van der Waals surface area contributed by atoms with Gasteiger partial charge in [0.15, 0.2) is 5.96 Å². The van der Waals surface area contributed by atoms with Crippen molar-refractivity contribution in [3.8, 4) is 5.69 Å². The van der Waals surface area contributed by atoms with Gasteiger partial charge in [-0.3, -0.25) is 0 Å². The van der Waals surface area contributed by atoms with Gasteiger partial charge < -0.3 is 15.4 Å². The fourth-order valence-corrected chi connectivity index (χ4v) is 3.57. The van der Waals surface area contributed by atoms with Gasteiger partial charge in [0.05, 0.1) is 12.2 Å². The zero-order chi connectivity index (χ0) is 19.0. The van der Waals surface area contributed by atoms with E-state index in [1.165, 1.54) is 19.3 Å². The predicted octanol–water partition coefficient (Wildman–Crippen LogP) is 3.75. The second-order valence-electron chi connectivity index (χ2n) is 7.22. The molecule has 0 amide bonds. The van der Waals surface area contributed by atoms with Gasteiger partial charge in [0, 0.05) is 39.2 Å². The lowest BCUT2D eigenvalue weighted by Crippen LogP contribution is -2.47.